The third-order valence-corrected chi connectivity index (χ3v) is 6.46. The van der Waals surface area contributed by atoms with Crippen molar-refractivity contribution >= 4 is 49.1 Å². The van der Waals surface area contributed by atoms with Crippen LogP contribution in [0.5, 0.6) is 5.75 Å². The van der Waals surface area contributed by atoms with E-state index in [-0.39, 0.29) is 0 Å². The lowest BCUT2D eigenvalue weighted by atomic mass is 10.0. The molecule has 0 amide bonds. The van der Waals surface area contributed by atoms with Crippen LogP contribution in [0.4, 0.5) is 0 Å². The van der Waals surface area contributed by atoms with Crippen molar-refractivity contribution < 1.29 is 4.74 Å². The highest BCUT2D eigenvalue weighted by Gasteiger charge is 2.16. The maximum Gasteiger partial charge on any atom is 0.145 e. The Bertz CT molecular complexity index is 1810. The van der Waals surface area contributed by atoms with Gasteiger partial charge < -0.3 is 9.30 Å². The van der Waals surface area contributed by atoms with Gasteiger partial charge in [-0.15, -0.1) is 0 Å². The second-order valence-corrected chi connectivity index (χ2v) is 8.11. The van der Waals surface area contributed by atoms with E-state index in [2.05, 4.69) is 92.8 Å². The summed E-state index contributed by atoms with van der Waals surface area (Å²) in [6.45, 7) is 0. The van der Waals surface area contributed by atoms with Gasteiger partial charge in [0, 0.05) is 39.6 Å². The molecular formula is C28H19N3O. The summed E-state index contributed by atoms with van der Waals surface area (Å²) in [4.78, 5) is 4.68. The van der Waals surface area contributed by atoms with Crippen LogP contribution in [-0.4, -0.2) is 21.1 Å². The van der Waals surface area contributed by atoms with Gasteiger partial charge in [0.15, 0.2) is 0 Å². The number of methoxy groups -OCH3 is 1. The topological polar surface area (TPSA) is 31.5 Å². The Balaban J connectivity index is 1.73. The van der Waals surface area contributed by atoms with E-state index in [1.54, 1.807) is 7.11 Å². The quantitative estimate of drug-likeness (QED) is 0.294. The van der Waals surface area contributed by atoms with Crippen LogP contribution in [-0.2, 0) is 0 Å². The average molecular weight is 413 g/mol. The fourth-order valence-electron chi connectivity index (χ4n) is 5.04. The number of aromatic nitrogens is 3. The number of imidazole rings is 1. The molecule has 32 heavy (non-hydrogen) atoms. The van der Waals surface area contributed by atoms with E-state index in [0.717, 1.165) is 28.0 Å². The predicted octanol–water partition coefficient (Wildman–Crippen LogP) is 6.75. The van der Waals surface area contributed by atoms with Crippen molar-refractivity contribution in [3.63, 3.8) is 0 Å². The van der Waals surface area contributed by atoms with Crippen molar-refractivity contribution in [2.45, 2.75) is 0 Å². The van der Waals surface area contributed by atoms with Crippen molar-refractivity contribution in [3.8, 4) is 11.4 Å². The molecule has 0 unspecified atom stereocenters. The zero-order valence-electron chi connectivity index (χ0n) is 17.5. The molecule has 0 aliphatic carbocycles. The highest BCUT2D eigenvalue weighted by Crippen LogP contribution is 2.38. The van der Waals surface area contributed by atoms with Gasteiger partial charge in [0.2, 0.25) is 0 Å². The van der Waals surface area contributed by atoms with Crippen molar-refractivity contribution in [1.82, 2.24) is 14.0 Å². The summed E-state index contributed by atoms with van der Waals surface area (Å²) in [5.41, 5.74) is 5.63. The summed E-state index contributed by atoms with van der Waals surface area (Å²) in [7, 11) is 1.70. The Morgan fingerprint density at radius 2 is 1.47 bits per heavy atom. The van der Waals surface area contributed by atoms with Gasteiger partial charge in [-0.1, -0.05) is 36.4 Å². The number of fused-ring (bicyclic) bond motifs is 9. The third kappa shape index (κ3) is 2.24. The molecule has 0 radical (unpaired) electrons. The van der Waals surface area contributed by atoms with E-state index in [1.807, 2.05) is 18.5 Å². The van der Waals surface area contributed by atoms with E-state index in [0.29, 0.717) is 0 Å². The molecule has 0 saturated heterocycles. The normalized spacial score (nSPS) is 11.9. The first kappa shape index (κ1) is 17.4. The molecule has 0 saturated carbocycles. The molecule has 3 heterocycles. The van der Waals surface area contributed by atoms with Gasteiger partial charge in [-0.2, -0.15) is 0 Å². The monoisotopic (exact) mass is 413 g/mol. The van der Waals surface area contributed by atoms with E-state index >= 15 is 0 Å². The molecule has 0 atom stereocenters. The zero-order valence-corrected chi connectivity index (χ0v) is 17.5. The first-order chi connectivity index (χ1) is 15.8. The number of hydrogen-bond acceptors (Lipinski definition) is 2. The molecule has 0 bridgehead atoms. The number of benzene rings is 4. The number of ether oxygens (including phenoxy) is 1. The molecule has 0 fully saturated rings. The molecular weight excluding hydrogens is 394 g/mol. The van der Waals surface area contributed by atoms with Crippen LogP contribution in [0.25, 0.3) is 54.8 Å². The lowest BCUT2D eigenvalue weighted by molar-refractivity contribution is 0.415. The van der Waals surface area contributed by atoms with E-state index in [9.17, 15) is 0 Å². The predicted molar refractivity (Wildman–Crippen MR) is 131 cm³/mol. The lowest BCUT2D eigenvalue weighted by Gasteiger charge is -2.12. The van der Waals surface area contributed by atoms with Crippen molar-refractivity contribution in [2.75, 3.05) is 7.11 Å². The van der Waals surface area contributed by atoms with Gasteiger partial charge in [0.05, 0.1) is 23.7 Å². The zero-order chi connectivity index (χ0) is 21.2. The van der Waals surface area contributed by atoms with Gasteiger partial charge in [-0.05, 0) is 53.9 Å². The Kier molecular flexibility index (Phi) is 3.45. The van der Waals surface area contributed by atoms with Gasteiger partial charge in [0.25, 0.3) is 0 Å². The fourth-order valence-corrected chi connectivity index (χ4v) is 5.04. The third-order valence-electron chi connectivity index (χ3n) is 6.46. The smallest absolute Gasteiger partial charge is 0.145 e. The van der Waals surface area contributed by atoms with E-state index in [4.69, 9.17) is 4.74 Å². The first-order valence-electron chi connectivity index (χ1n) is 10.7. The summed E-state index contributed by atoms with van der Waals surface area (Å²) in [5.74, 6) is 0.837. The van der Waals surface area contributed by atoms with Crippen LogP contribution >= 0.6 is 0 Å². The van der Waals surface area contributed by atoms with Gasteiger partial charge in [-0.25, -0.2) is 4.98 Å². The van der Waals surface area contributed by atoms with Crippen molar-refractivity contribution in [1.29, 1.82) is 0 Å². The molecule has 7 rings (SSSR count). The Morgan fingerprint density at radius 3 is 2.34 bits per heavy atom. The fraction of sp³-hybridized carbons (Fsp3) is 0.0357. The van der Waals surface area contributed by atoms with Crippen LogP contribution in [0.1, 0.15) is 0 Å². The standard InChI is InChI=1S/C28H19N3O/c1-32-19-11-12-20-22-16-23-21-9-5-6-10-25(21)31(18-7-3-2-4-8-18)27(23)17-26(22)30-14-13-29-28(30)24(20)15-19/h2-17H,1H3. The van der Waals surface area contributed by atoms with Gasteiger partial charge in [0.1, 0.15) is 11.4 Å². The van der Waals surface area contributed by atoms with Crippen LogP contribution in [0.15, 0.2) is 97.3 Å². The molecule has 3 aromatic heterocycles. The molecule has 152 valence electrons. The number of pyridine rings is 1. The first-order valence-corrected chi connectivity index (χ1v) is 10.7. The minimum atomic E-state index is 0.837. The number of nitrogens with zero attached hydrogens (tertiary/aromatic N) is 3. The molecule has 4 aromatic carbocycles. The van der Waals surface area contributed by atoms with Crippen LogP contribution in [0, 0.1) is 0 Å². The highest BCUT2D eigenvalue weighted by molar-refractivity contribution is 6.19. The number of rotatable bonds is 2. The molecule has 0 spiro atoms. The highest BCUT2D eigenvalue weighted by atomic mass is 16.5. The minimum absolute atomic E-state index is 0.837. The van der Waals surface area contributed by atoms with E-state index < -0.39 is 0 Å². The van der Waals surface area contributed by atoms with E-state index in [1.165, 1.54) is 32.6 Å². The lowest BCUT2D eigenvalue weighted by Crippen LogP contribution is -1.95. The summed E-state index contributed by atoms with van der Waals surface area (Å²) in [6, 6.07) is 30.1. The molecule has 4 nitrogen and oxygen atoms in total. The second kappa shape index (κ2) is 6.34. The summed E-state index contributed by atoms with van der Waals surface area (Å²) < 4.78 is 10.0. The maximum atomic E-state index is 5.50. The van der Waals surface area contributed by atoms with Gasteiger partial charge >= 0.3 is 0 Å². The maximum absolute atomic E-state index is 5.50. The Hall–Kier alpha value is -4.31. The van der Waals surface area contributed by atoms with Crippen molar-refractivity contribution in [3.05, 3.63) is 97.3 Å². The molecule has 0 aliphatic heterocycles. The SMILES string of the molecule is COc1ccc2c3cc4c5ccccc5n(-c5ccccc5)c4cc3n3ccnc3c2c1. The number of hydrogen-bond donors (Lipinski definition) is 0. The van der Waals surface area contributed by atoms with Crippen LogP contribution in [0.3, 0.4) is 0 Å². The second-order valence-electron chi connectivity index (χ2n) is 8.11. The molecule has 7 aromatic rings. The van der Waals surface area contributed by atoms with Crippen LogP contribution in [0.2, 0.25) is 0 Å². The van der Waals surface area contributed by atoms with Crippen LogP contribution < -0.4 is 4.74 Å². The summed E-state index contributed by atoms with van der Waals surface area (Å²) in [6.07, 6.45) is 3.91. The largest absolute Gasteiger partial charge is 0.497 e. The number of para-hydroxylation sites is 2. The summed E-state index contributed by atoms with van der Waals surface area (Å²) >= 11 is 0. The minimum Gasteiger partial charge on any atom is -0.497 e. The average Bonchev–Trinajstić information content (AvgIpc) is 3.46. The molecule has 0 N–H and O–H groups in total. The van der Waals surface area contributed by atoms with Crippen molar-refractivity contribution in [2.24, 2.45) is 0 Å². The Labute approximate surface area is 183 Å². The Morgan fingerprint density at radius 1 is 0.656 bits per heavy atom. The molecule has 0 aliphatic rings. The van der Waals surface area contributed by atoms with Gasteiger partial charge in [-0.3, -0.25) is 4.40 Å². The molecule has 4 heteroatoms. The summed E-state index contributed by atoms with van der Waals surface area (Å²) in [5, 5.41) is 5.97.